The summed E-state index contributed by atoms with van der Waals surface area (Å²) in [4.78, 5) is 29.2. The Balaban J connectivity index is 1.37. The first kappa shape index (κ1) is 19.1. The molecule has 148 valence electrons. The zero-order valence-electron chi connectivity index (χ0n) is 16.2. The fourth-order valence-corrected chi connectivity index (χ4v) is 3.91. The van der Waals surface area contributed by atoms with Gasteiger partial charge in [-0.15, -0.1) is 11.3 Å². The first-order valence-corrected chi connectivity index (χ1v) is 10.3. The number of benzene rings is 2. The molecule has 0 aliphatic heterocycles. The summed E-state index contributed by atoms with van der Waals surface area (Å²) in [5, 5.41) is 6.01. The summed E-state index contributed by atoms with van der Waals surface area (Å²) in [6, 6.07) is 14.6. The molecule has 0 fully saturated rings. The Hall–Kier alpha value is -3.19. The monoisotopic (exact) mass is 407 g/mol. The minimum atomic E-state index is -0.651. The van der Waals surface area contributed by atoms with Gasteiger partial charge in [0.15, 0.2) is 5.58 Å². The second-order valence-corrected chi connectivity index (χ2v) is 7.93. The van der Waals surface area contributed by atoms with Crippen molar-refractivity contribution in [3.63, 3.8) is 0 Å². The number of nitrogens with one attached hydrogen (secondary N) is 1. The van der Waals surface area contributed by atoms with E-state index in [1.807, 2.05) is 42.6 Å². The Morgan fingerprint density at radius 1 is 1.21 bits per heavy atom. The van der Waals surface area contributed by atoms with Gasteiger partial charge in [0.2, 0.25) is 5.91 Å². The van der Waals surface area contributed by atoms with E-state index in [9.17, 15) is 9.59 Å². The number of hydrogen-bond acceptors (Lipinski definition) is 5. The van der Waals surface area contributed by atoms with E-state index < -0.39 is 11.8 Å². The normalized spacial score (nSPS) is 12.2. The maximum atomic E-state index is 12.5. The lowest BCUT2D eigenvalue weighted by Gasteiger charge is -2.13. The predicted molar refractivity (Wildman–Crippen MR) is 114 cm³/mol. The van der Waals surface area contributed by atoms with Crippen LogP contribution in [0.1, 0.15) is 23.5 Å². The number of fused-ring (bicyclic) bond motifs is 1. The van der Waals surface area contributed by atoms with Crippen molar-refractivity contribution >= 4 is 28.3 Å². The van der Waals surface area contributed by atoms with Crippen LogP contribution < -0.4 is 11.1 Å². The molecule has 2 aromatic carbocycles. The van der Waals surface area contributed by atoms with Crippen molar-refractivity contribution in [1.82, 2.24) is 14.9 Å². The van der Waals surface area contributed by atoms with Crippen LogP contribution in [0.2, 0.25) is 0 Å². The van der Waals surface area contributed by atoms with Crippen LogP contribution in [0.15, 0.2) is 63.1 Å². The minimum Gasteiger partial charge on any atom is -0.408 e. The van der Waals surface area contributed by atoms with Crippen LogP contribution in [0.4, 0.5) is 0 Å². The van der Waals surface area contributed by atoms with Crippen molar-refractivity contribution in [2.24, 2.45) is 0 Å². The number of aromatic nitrogens is 2. The molecule has 0 aliphatic carbocycles. The van der Waals surface area contributed by atoms with Gasteiger partial charge in [0.25, 0.3) is 0 Å². The number of carbonyl (C=O) groups excluding carboxylic acids is 1. The Bertz CT molecular complexity index is 1200. The van der Waals surface area contributed by atoms with Crippen LogP contribution >= 0.6 is 11.3 Å². The molecule has 7 heteroatoms. The third kappa shape index (κ3) is 4.00. The number of para-hydroxylation sites is 2. The maximum Gasteiger partial charge on any atom is 0.420 e. The summed E-state index contributed by atoms with van der Waals surface area (Å²) in [7, 11) is 0. The molecule has 0 spiro atoms. The highest BCUT2D eigenvalue weighted by Crippen LogP contribution is 2.22. The number of aryl methyl sites for hydroxylation is 1. The van der Waals surface area contributed by atoms with Crippen LogP contribution in [0, 0.1) is 6.92 Å². The van der Waals surface area contributed by atoms with Gasteiger partial charge in [-0.05, 0) is 38.0 Å². The molecule has 4 rings (SSSR count). The number of amides is 1. The predicted octanol–water partition coefficient (Wildman–Crippen LogP) is 3.95. The Kier molecular flexibility index (Phi) is 5.31. The number of rotatable bonds is 6. The third-order valence-electron chi connectivity index (χ3n) is 4.87. The Morgan fingerprint density at radius 3 is 2.69 bits per heavy atom. The summed E-state index contributed by atoms with van der Waals surface area (Å²) < 4.78 is 6.60. The number of oxazole rings is 1. The van der Waals surface area contributed by atoms with Crippen molar-refractivity contribution in [1.29, 1.82) is 0 Å². The van der Waals surface area contributed by atoms with Gasteiger partial charge in [-0.25, -0.2) is 9.78 Å². The number of nitrogens with zero attached hydrogens (tertiary/aromatic N) is 2. The third-order valence-corrected chi connectivity index (χ3v) is 5.64. The molecule has 2 aromatic heterocycles. The fourth-order valence-electron chi connectivity index (χ4n) is 3.28. The zero-order valence-corrected chi connectivity index (χ0v) is 17.0. The second-order valence-electron chi connectivity index (χ2n) is 6.87. The SMILES string of the molecule is Cc1nc(-c2ccc(CCNC(=O)[C@@H](C)n3c(=O)oc4ccccc43)cc2)cs1. The smallest absolute Gasteiger partial charge is 0.408 e. The molecule has 0 aliphatic rings. The molecule has 1 atom stereocenters. The minimum absolute atomic E-state index is 0.215. The van der Waals surface area contributed by atoms with Gasteiger partial charge in [-0.1, -0.05) is 36.4 Å². The van der Waals surface area contributed by atoms with E-state index >= 15 is 0 Å². The van der Waals surface area contributed by atoms with E-state index in [1.54, 1.807) is 36.5 Å². The van der Waals surface area contributed by atoms with E-state index in [-0.39, 0.29) is 5.91 Å². The van der Waals surface area contributed by atoms with E-state index in [2.05, 4.69) is 10.3 Å². The van der Waals surface area contributed by atoms with Gasteiger partial charge < -0.3 is 9.73 Å². The van der Waals surface area contributed by atoms with E-state index in [0.717, 1.165) is 21.8 Å². The molecule has 2 heterocycles. The first-order valence-electron chi connectivity index (χ1n) is 9.42. The topological polar surface area (TPSA) is 77.1 Å². The van der Waals surface area contributed by atoms with E-state index in [4.69, 9.17) is 4.42 Å². The van der Waals surface area contributed by atoms with Gasteiger partial charge in [0, 0.05) is 17.5 Å². The zero-order chi connectivity index (χ0) is 20.4. The van der Waals surface area contributed by atoms with Crippen molar-refractivity contribution in [2.75, 3.05) is 6.54 Å². The van der Waals surface area contributed by atoms with Gasteiger partial charge in [-0.3, -0.25) is 9.36 Å². The quantitative estimate of drug-likeness (QED) is 0.525. The largest absolute Gasteiger partial charge is 0.420 e. The highest BCUT2D eigenvalue weighted by Gasteiger charge is 2.20. The molecular weight excluding hydrogens is 386 g/mol. The lowest BCUT2D eigenvalue weighted by atomic mass is 10.1. The van der Waals surface area contributed by atoms with E-state index in [0.29, 0.717) is 24.1 Å². The summed E-state index contributed by atoms with van der Waals surface area (Å²) in [5.74, 6) is -0.741. The highest BCUT2D eigenvalue weighted by atomic mass is 32.1. The molecule has 4 aromatic rings. The van der Waals surface area contributed by atoms with Crippen LogP contribution in [0.5, 0.6) is 0 Å². The van der Waals surface area contributed by atoms with Crippen LogP contribution in [0.25, 0.3) is 22.4 Å². The maximum absolute atomic E-state index is 12.5. The fraction of sp³-hybridized carbons (Fsp3) is 0.227. The lowest BCUT2D eigenvalue weighted by molar-refractivity contribution is -0.123. The van der Waals surface area contributed by atoms with Gasteiger partial charge >= 0.3 is 5.76 Å². The molecular formula is C22H21N3O3S. The highest BCUT2D eigenvalue weighted by molar-refractivity contribution is 7.09. The summed E-state index contributed by atoms with van der Waals surface area (Å²) >= 11 is 1.63. The Labute approximate surface area is 171 Å². The average Bonchev–Trinajstić information content (AvgIpc) is 3.30. The summed E-state index contributed by atoms with van der Waals surface area (Å²) in [6.45, 7) is 4.18. The van der Waals surface area contributed by atoms with Crippen molar-refractivity contribution in [3.05, 3.63) is 75.0 Å². The standard InChI is InChI=1S/C22H21N3O3S/c1-14(25-19-5-3-4-6-20(19)28-22(25)27)21(26)23-12-11-16-7-9-17(10-8-16)18-13-29-15(2)24-18/h3-10,13-14H,11-12H2,1-2H3,(H,23,26)/t14-/m1/s1. The summed E-state index contributed by atoms with van der Waals surface area (Å²) in [6.07, 6.45) is 0.704. The van der Waals surface area contributed by atoms with Gasteiger partial charge in [0.05, 0.1) is 16.2 Å². The molecule has 0 bridgehead atoms. The van der Waals surface area contributed by atoms with Gasteiger partial charge in [0.1, 0.15) is 6.04 Å². The molecule has 1 N–H and O–H groups in total. The van der Waals surface area contributed by atoms with Crippen molar-refractivity contribution in [3.8, 4) is 11.3 Å². The number of hydrogen-bond donors (Lipinski definition) is 1. The van der Waals surface area contributed by atoms with Crippen molar-refractivity contribution < 1.29 is 9.21 Å². The molecule has 0 radical (unpaired) electrons. The molecule has 0 saturated heterocycles. The Morgan fingerprint density at radius 2 is 1.97 bits per heavy atom. The molecule has 0 saturated carbocycles. The van der Waals surface area contributed by atoms with Crippen LogP contribution in [0.3, 0.4) is 0 Å². The number of thiazole rings is 1. The van der Waals surface area contributed by atoms with Crippen LogP contribution in [-0.2, 0) is 11.2 Å². The van der Waals surface area contributed by atoms with E-state index in [1.165, 1.54) is 4.57 Å². The molecule has 29 heavy (non-hydrogen) atoms. The number of carbonyl (C=O) groups is 1. The van der Waals surface area contributed by atoms with Crippen molar-refractivity contribution in [2.45, 2.75) is 26.3 Å². The van der Waals surface area contributed by atoms with Gasteiger partial charge in [-0.2, -0.15) is 0 Å². The summed E-state index contributed by atoms with van der Waals surface area (Å²) in [5.41, 5.74) is 4.29. The first-order chi connectivity index (χ1) is 14.0. The van der Waals surface area contributed by atoms with Crippen LogP contribution in [-0.4, -0.2) is 22.0 Å². The molecule has 0 unspecified atom stereocenters. The second kappa shape index (κ2) is 8.05. The lowest BCUT2D eigenvalue weighted by Crippen LogP contribution is -2.35. The average molecular weight is 407 g/mol. The molecule has 6 nitrogen and oxygen atoms in total. The molecule has 1 amide bonds.